The van der Waals surface area contributed by atoms with Crippen molar-refractivity contribution in [1.29, 1.82) is 0 Å². The lowest BCUT2D eigenvalue weighted by atomic mass is 9.68. The molecule has 1 aromatic carbocycles. The van der Waals surface area contributed by atoms with Gasteiger partial charge < -0.3 is 15.6 Å². The average Bonchev–Trinajstić information content (AvgIpc) is 2.92. The minimum Gasteiger partial charge on any atom is -0.369 e. The summed E-state index contributed by atoms with van der Waals surface area (Å²) in [5.41, 5.74) is 7.57. The summed E-state index contributed by atoms with van der Waals surface area (Å²) in [6.45, 7) is 3.50. The van der Waals surface area contributed by atoms with Crippen molar-refractivity contribution in [3.05, 3.63) is 35.0 Å². The molecule has 3 heterocycles. The van der Waals surface area contributed by atoms with Crippen molar-refractivity contribution in [3.8, 4) is 0 Å². The number of carbonyl (C=O) groups excluding carboxylic acids is 1. The average molecular weight is 361 g/mol. The Morgan fingerprint density at radius 1 is 1.36 bits per heavy atom. The highest BCUT2D eigenvalue weighted by Gasteiger charge is 2.51. The predicted octanol–water partition coefficient (Wildman–Crippen LogP) is 2.59. The molecule has 4 rings (SSSR count). The van der Waals surface area contributed by atoms with Crippen molar-refractivity contribution in [2.75, 3.05) is 26.7 Å². The quantitative estimate of drug-likeness (QED) is 0.884. The van der Waals surface area contributed by atoms with Crippen LogP contribution in [0.1, 0.15) is 25.0 Å². The maximum atomic E-state index is 12.4. The van der Waals surface area contributed by atoms with E-state index in [1.807, 2.05) is 24.3 Å². The number of likely N-dealkylation sites (tertiary alicyclic amines) is 2. The van der Waals surface area contributed by atoms with Crippen LogP contribution in [0.25, 0.3) is 10.9 Å². The van der Waals surface area contributed by atoms with E-state index in [1.54, 1.807) is 0 Å². The molecule has 3 N–H and O–H groups in total. The summed E-state index contributed by atoms with van der Waals surface area (Å²) in [5, 5.41) is 1.84. The second-order valence-electron chi connectivity index (χ2n) is 7.59. The van der Waals surface area contributed by atoms with Gasteiger partial charge in [-0.3, -0.25) is 9.69 Å². The van der Waals surface area contributed by atoms with Gasteiger partial charge in [-0.25, -0.2) is 0 Å². The Labute approximate surface area is 153 Å². The van der Waals surface area contributed by atoms with Crippen molar-refractivity contribution < 1.29 is 4.79 Å². The standard InChI is InChI=1S/C19H25ClN4O/c1-23-10-8-19(18(21)25)7-4-9-24(16(19)12-23)11-15-17(20)13-5-2-3-6-14(13)22-15/h2-3,5-6,16,22H,4,7-12H2,1H3,(H2,21,25)/t16-,19+/m0/s1. The van der Waals surface area contributed by atoms with Crippen molar-refractivity contribution in [1.82, 2.24) is 14.8 Å². The van der Waals surface area contributed by atoms with Crippen molar-refractivity contribution in [2.24, 2.45) is 11.1 Å². The Kier molecular flexibility index (Phi) is 4.26. The van der Waals surface area contributed by atoms with Gasteiger partial charge in [0.05, 0.1) is 10.4 Å². The van der Waals surface area contributed by atoms with Gasteiger partial charge >= 0.3 is 0 Å². The van der Waals surface area contributed by atoms with Gasteiger partial charge in [-0.2, -0.15) is 0 Å². The largest absolute Gasteiger partial charge is 0.369 e. The first-order chi connectivity index (χ1) is 12.0. The first-order valence-corrected chi connectivity index (χ1v) is 9.37. The number of aromatic nitrogens is 1. The number of para-hydroxylation sites is 1. The molecule has 1 amide bonds. The van der Waals surface area contributed by atoms with Gasteiger partial charge in [-0.1, -0.05) is 29.8 Å². The molecule has 0 bridgehead atoms. The number of piperidine rings is 2. The zero-order valence-electron chi connectivity index (χ0n) is 14.6. The van der Waals surface area contributed by atoms with Gasteiger partial charge in [-0.05, 0) is 45.5 Å². The minimum atomic E-state index is -0.400. The summed E-state index contributed by atoms with van der Waals surface area (Å²) >= 11 is 6.62. The Hall–Kier alpha value is -1.56. The monoisotopic (exact) mass is 360 g/mol. The van der Waals surface area contributed by atoms with Crippen LogP contribution in [0.5, 0.6) is 0 Å². The number of H-pyrrole nitrogens is 1. The van der Waals surface area contributed by atoms with Crippen LogP contribution in [0.15, 0.2) is 24.3 Å². The Morgan fingerprint density at radius 2 is 2.16 bits per heavy atom. The normalized spacial score (nSPS) is 28.2. The number of nitrogens with two attached hydrogens (primary N) is 1. The van der Waals surface area contributed by atoms with E-state index in [9.17, 15) is 4.79 Å². The van der Waals surface area contributed by atoms with E-state index in [0.717, 1.165) is 67.1 Å². The van der Waals surface area contributed by atoms with Gasteiger partial charge in [0, 0.05) is 35.7 Å². The van der Waals surface area contributed by atoms with Crippen LogP contribution >= 0.6 is 11.6 Å². The number of hydrogen-bond acceptors (Lipinski definition) is 3. The second kappa shape index (κ2) is 6.31. The molecule has 1 aromatic heterocycles. The van der Waals surface area contributed by atoms with Crippen LogP contribution in [0, 0.1) is 5.41 Å². The molecule has 2 aliphatic heterocycles. The summed E-state index contributed by atoms with van der Waals surface area (Å²) in [6, 6.07) is 8.24. The Bertz CT molecular complexity index is 804. The number of hydrogen-bond donors (Lipinski definition) is 2. The zero-order valence-corrected chi connectivity index (χ0v) is 15.4. The number of rotatable bonds is 3. The SMILES string of the molecule is CN1CC[C@]2(C(N)=O)CCCN(Cc3[nH]c4ccccc4c3Cl)[C@H]2C1. The fourth-order valence-electron chi connectivity index (χ4n) is 4.70. The smallest absolute Gasteiger partial charge is 0.225 e. The summed E-state index contributed by atoms with van der Waals surface area (Å²) in [6.07, 6.45) is 2.75. The number of benzene rings is 1. The van der Waals surface area contributed by atoms with Gasteiger partial charge in [0.1, 0.15) is 0 Å². The highest BCUT2D eigenvalue weighted by Crippen LogP contribution is 2.43. The number of primary amides is 1. The maximum absolute atomic E-state index is 12.4. The number of fused-ring (bicyclic) bond motifs is 2. The number of aromatic amines is 1. The van der Waals surface area contributed by atoms with E-state index in [-0.39, 0.29) is 11.9 Å². The Balaban J connectivity index is 1.66. The topological polar surface area (TPSA) is 65.4 Å². The molecule has 0 aliphatic carbocycles. The molecule has 0 saturated carbocycles. The third kappa shape index (κ3) is 2.75. The van der Waals surface area contributed by atoms with Crippen molar-refractivity contribution in [2.45, 2.75) is 31.8 Å². The molecular weight excluding hydrogens is 336 g/mol. The first kappa shape index (κ1) is 16.9. The predicted molar refractivity (Wildman–Crippen MR) is 100 cm³/mol. The molecule has 2 fully saturated rings. The molecule has 25 heavy (non-hydrogen) atoms. The molecule has 2 saturated heterocycles. The lowest BCUT2D eigenvalue weighted by molar-refractivity contribution is -0.141. The van der Waals surface area contributed by atoms with Gasteiger partial charge in [0.15, 0.2) is 0 Å². The highest BCUT2D eigenvalue weighted by molar-refractivity contribution is 6.36. The third-order valence-electron chi connectivity index (χ3n) is 6.14. The van der Waals surface area contributed by atoms with E-state index in [0.29, 0.717) is 0 Å². The van der Waals surface area contributed by atoms with Gasteiger partial charge in [0.2, 0.25) is 5.91 Å². The van der Waals surface area contributed by atoms with E-state index in [4.69, 9.17) is 17.3 Å². The fourth-order valence-corrected chi connectivity index (χ4v) is 4.98. The third-order valence-corrected chi connectivity index (χ3v) is 6.57. The number of carbonyl (C=O) groups is 1. The number of halogens is 1. The molecule has 0 radical (unpaired) electrons. The fraction of sp³-hybridized carbons (Fsp3) is 0.526. The molecule has 134 valence electrons. The van der Waals surface area contributed by atoms with Gasteiger partial charge in [0.25, 0.3) is 0 Å². The molecule has 6 heteroatoms. The molecular formula is C19H25ClN4O. The summed E-state index contributed by atoms with van der Waals surface area (Å²) in [7, 11) is 2.12. The molecule has 2 atom stereocenters. The van der Waals surface area contributed by atoms with E-state index in [1.165, 1.54) is 0 Å². The number of nitrogens with one attached hydrogen (secondary N) is 1. The first-order valence-electron chi connectivity index (χ1n) is 8.99. The molecule has 0 spiro atoms. The zero-order chi connectivity index (χ0) is 17.6. The van der Waals surface area contributed by atoms with Crippen LogP contribution in [0.2, 0.25) is 5.02 Å². The maximum Gasteiger partial charge on any atom is 0.225 e. The minimum absolute atomic E-state index is 0.141. The van der Waals surface area contributed by atoms with Crippen LogP contribution < -0.4 is 5.73 Å². The molecule has 5 nitrogen and oxygen atoms in total. The van der Waals surface area contributed by atoms with Crippen molar-refractivity contribution in [3.63, 3.8) is 0 Å². The van der Waals surface area contributed by atoms with Gasteiger partial charge in [-0.15, -0.1) is 0 Å². The van der Waals surface area contributed by atoms with E-state index >= 15 is 0 Å². The summed E-state index contributed by atoms with van der Waals surface area (Å²) in [4.78, 5) is 20.5. The van der Waals surface area contributed by atoms with E-state index in [2.05, 4.69) is 21.8 Å². The second-order valence-corrected chi connectivity index (χ2v) is 7.96. The van der Waals surface area contributed by atoms with Crippen LogP contribution in [-0.2, 0) is 11.3 Å². The molecule has 0 unspecified atom stereocenters. The lowest BCUT2D eigenvalue weighted by Gasteiger charge is -2.53. The number of amides is 1. The van der Waals surface area contributed by atoms with Crippen LogP contribution in [-0.4, -0.2) is 53.4 Å². The number of likely N-dealkylation sites (N-methyl/N-ethyl adjacent to an activating group) is 1. The summed E-state index contributed by atoms with van der Waals surface area (Å²) in [5.74, 6) is -0.141. The van der Waals surface area contributed by atoms with Crippen molar-refractivity contribution >= 4 is 28.4 Å². The van der Waals surface area contributed by atoms with E-state index < -0.39 is 5.41 Å². The Morgan fingerprint density at radius 3 is 2.92 bits per heavy atom. The number of nitrogens with zero attached hydrogens (tertiary/aromatic N) is 2. The molecule has 2 aromatic rings. The lowest BCUT2D eigenvalue weighted by Crippen LogP contribution is -2.64. The van der Waals surface area contributed by atoms with Crippen LogP contribution in [0.3, 0.4) is 0 Å². The summed E-state index contributed by atoms with van der Waals surface area (Å²) < 4.78 is 0. The van der Waals surface area contributed by atoms with Crippen LogP contribution in [0.4, 0.5) is 0 Å². The molecule has 2 aliphatic rings. The highest BCUT2D eigenvalue weighted by atomic mass is 35.5.